The molecule has 7 heteroatoms. The van der Waals surface area contributed by atoms with Crippen LogP contribution in [0.3, 0.4) is 0 Å². The zero-order valence-electron chi connectivity index (χ0n) is 12.3. The average Bonchev–Trinajstić information content (AvgIpc) is 2.52. The summed E-state index contributed by atoms with van der Waals surface area (Å²) in [5.74, 6) is -1.26. The van der Waals surface area contributed by atoms with Crippen LogP contribution in [0, 0.1) is 5.82 Å². The number of amides is 2. The fourth-order valence-electron chi connectivity index (χ4n) is 1.93. The number of carbonyl (C=O) groups is 2. The number of hydrogen-bond donors (Lipinski definition) is 2. The molecule has 0 saturated heterocycles. The van der Waals surface area contributed by atoms with E-state index >= 15 is 0 Å². The van der Waals surface area contributed by atoms with Gasteiger partial charge in [0.25, 0.3) is 5.91 Å². The topological polar surface area (TPSA) is 71.1 Å². The Balaban J connectivity index is 1.86. The van der Waals surface area contributed by atoms with Crippen LogP contribution < -0.4 is 10.6 Å². The third-order valence-corrected chi connectivity index (χ3v) is 3.33. The molecule has 2 aromatic rings. The molecule has 1 unspecified atom stereocenters. The molecule has 1 aromatic heterocycles. The maximum absolute atomic E-state index is 13.2. The average molecular weight is 336 g/mol. The van der Waals surface area contributed by atoms with Gasteiger partial charge in [0.1, 0.15) is 11.5 Å². The number of benzene rings is 1. The summed E-state index contributed by atoms with van der Waals surface area (Å²) >= 11 is 5.77. The van der Waals surface area contributed by atoms with Gasteiger partial charge in [0, 0.05) is 11.2 Å². The van der Waals surface area contributed by atoms with Gasteiger partial charge in [-0.2, -0.15) is 0 Å². The van der Waals surface area contributed by atoms with E-state index in [2.05, 4.69) is 15.6 Å². The molecule has 0 aliphatic heterocycles. The van der Waals surface area contributed by atoms with Crippen LogP contribution in [0.1, 0.15) is 29.0 Å². The van der Waals surface area contributed by atoms with Crippen LogP contribution in [-0.4, -0.2) is 23.3 Å². The van der Waals surface area contributed by atoms with Crippen molar-refractivity contribution in [3.63, 3.8) is 0 Å². The molecule has 0 saturated carbocycles. The molecule has 2 rings (SSSR count). The van der Waals surface area contributed by atoms with E-state index in [0.717, 1.165) is 0 Å². The van der Waals surface area contributed by atoms with Gasteiger partial charge in [-0.25, -0.2) is 4.39 Å². The maximum Gasteiger partial charge on any atom is 0.270 e. The monoisotopic (exact) mass is 335 g/mol. The third-order valence-electron chi connectivity index (χ3n) is 3.09. The predicted molar refractivity (Wildman–Crippen MR) is 84.5 cm³/mol. The quantitative estimate of drug-likeness (QED) is 0.881. The lowest BCUT2D eigenvalue weighted by atomic mass is 10.1. The highest BCUT2D eigenvalue weighted by Gasteiger charge is 2.13. The number of nitrogens with zero attached hydrogens (tertiary/aromatic N) is 1. The second-order valence-corrected chi connectivity index (χ2v) is 5.32. The van der Waals surface area contributed by atoms with Crippen LogP contribution in [0.5, 0.6) is 0 Å². The van der Waals surface area contributed by atoms with Gasteiger partial charge >= 0.3 is 0 Å². The molecule has 2 N–H and O–H groups in total. The predicted octanol–water partition coefficient (Wildman–Crippen LogP) is 2.48. The van der Waals surface area contributed by atoms with Gasteiger partial charge in [0.15, 0.2) is 0 Å². The van der Waals surface area contributed by atoms with Gasteiger partial charge in [-0.05, 0) is 36.8 Å². The summed E-state index contributed by atoms with van der Waals surface area (Å²) in [7, 11) is 0. The number of hydrogen-bond acceptors (Lipinski definition) is 3. The van der Waals surface area contributed by atoms with E-state index in [1.165, 1.54) is 24.4 Å². The molecular weight excluding hydrogens is 321 g/mol. The first-order valence-corrected chi connectivity index (χ1v) is 7.28. The second kappa shape index (κ2) is 7.69. The number of carbonyl (C=O) groups excluding carboxylic acids is 2. The van der Waals surface area contributed by atoms with Gasteiger partial charge < -0.3 is 10.6 Å². The van der Waals surface area contributed by atoms with Crippen LogP contribution in [0.4, 0.5) is 4.39 Å². The van der Waals surface area contributed by atoms with E-state index in [1.807, 2.05) is 0 Å². The van der Waals surface area contributed by atoms with Gasteiger partial charge in [-0.3, -0.25) is 14.6 Å². The van der Waals surface area contributed by atoms with E-state index in [-0.39, 0.29) is 24.1 Å². The summed E-state index contributed by atoms with van der Waals surface area (Å²) in [5, 5.41) is 5.51. The van der Waals surface area contributed by atoms with Crippen molar-refractivity contribution in [2.75, 3.05) is 6.54 Å². The van der Waals surface area contributed by atoms with Crippen molar-refractivity contribution in [1.29, 1.82) is 0 Å². The van der Waals surface area contributed by atoms with Crippen molar-refractivity contribution in [2.24, 2.45) is 0 Å². The summed E-state index contributed by atoms with van der Waals surface area (Å²) in [5.41, 5.74) is 0.768. The minimum atomic E-state index is -0.499. The van der Waals surface area contributed by atoms with Crippen LogP contribution in [-0.2, 0) is 4.79 Å². The SMILES string of the molecule is CC(NC(=O)CNC(=O)c1cc(Cl)ccn1)c1cccc(F)c1. The van der Waals surface area contributed by atoms with Crippen molar-refractivity contribution >= 4 is 23.4 Å². The number of aromatic nitrogens is 1. The van der Waals surface area contributed by atoms with Crippen molar-refractivity contribution < 1.29 is 14.0 Å². The first-order chi connectivity index (χ1) is 11.0. The molecule has 2 amide bonds. The van der Waals surface area contributed by atoms with Crippen LogP contribution >= 0.6 is 11.6 Å². The second-order valence-electron chi connectivity index (χ2n) is 4.89. The Morgan fingerprint density at radius 2 is 2.09 bits per heavy atom. The van der Waals surface area contributed by atoms with Crippen molar-refractivity contribution in [1.82, 2.24) is 15.6 Å². The zero-order chi connectivity index (χ0) is 16.8. The smallest absolute Gasteiger partial charge is 0.270 e. The zero-order valence-corrected chi connectivity index (χ0v) is 13.1. The molecule has 0 aliphatic rings. The van der Waals surface area contributed by atoms with Gasteiger partial charge in [0.2, 0.25) is 5.91 Å². The highest BCUT2D eigenvalue weighted by Crippen LogP contribution is 2.13. The van der Waals surface area contributed by atoms with Gasteiger partial charge in [0.05, 0.1) is 12.6 Å². The molecule has 1 aromatic carbocycles. The first kappa shape index (κ1) is 16.9. The molecule has 1 heterocycles. The molecule has 0 radical (unpaired) electrons. The van der Waals surface area contributed by atoms with Crippen LogP contribution in [0.2, 0.25) is 5.02 Å². The highest BCUT2D eigenvalue weighted by molar-refractivity contribution is 6.30. The molecule has 120 valence electrons. The minimum Gasteiger partial charge on any atom is -0.348 e. The first-order valence-electron chi connectivity index (χ1n) is 6.90. The van der Waals surface area contributed by atoms with Crippen molar-refractivity contribution in [3.8, 4) is 0 Å². The summed E-state index contributed by atoms with van der Waals surface area (Å²) < 4.78 is 13.2. The third kappa shape index (κ3) is 5.03. The number of pyridine rings is 1. The van der Waals surface area contributed by atoms with Crippen LogP contribution in [0.25, 0.3) is 0 Å². The molecule has 5 nitrogen and oxygen atoms in total. The lowest BCUT2D eigenvalue weighted by Gasteiger charge is -2.14. The van der Waals surface area contributed by atoms with E-state index in [0.29, 0.717) is 10.6 Å². The fraction of sp³-hybridized carbons (Fsp3) is 0.188. The van der Waals surface area contributed by atoms with E-state index in [1.54, 1.807) is 25.1 Å². The Bertz CT molecular complexity index is 724. The van der Waals surface area contributed by atoms with E-state index in [4.69, 9.17) is 11.6 Å². The van der Waals surface area contributed by atoms with E-state index < -0.39 is 11.8 Å². The Hall–Kier alpha value is -2.47. The molecule has 23 heavy (non-hydrogen) atoms. The van der Waals surface area contributed by atoms with Gasteiger partial charge in [-0.1, -0.05) is 23.7 Å². The fourth-order valence-corrected chi connectivity index (χ4v) is 2.09. The van der Waals surface area contributed by atoms with E-state index in [9.17, 15) is 14.0 Å². The number of halogens is 2. The summed E-state index contributed by atoms with van der Waals surface area (Å²) in [6, 6.07) is 8.54. The molecule has 0 bridgehead atoms. The maximum atomic E-state index is 13.2. The van der Waals surface area contributed by atoms with Crippen molar-refractivity contribution in [3.05, 3.63) is 64.7 Å². The highest BCUT2D eigenvalue weighted by atomic mass is 35.5. The minimum absolute atomic E-state index is 0.128. The van der Waals surface area contributed by atoms with Crippen LogP contribution in [0.15, 0.2) is 42.6 Å². The normalized spacial score (nSPS) is 11.6. The Morgan fingerprint density at radius 3 is 2.78 bits per heavy atom. The molecule has 0 spiro atoms. The number of rotatable bonds is 5. The Kier molecular flexibility index (Phi) is 5.65. The Morgan fingerprint density at radius 1 is 1.30 bits per heavy atom. The molecule has 1 atom stereocenters. The Labute approximate surface area is 137 Å². The molecule has 0 fully saturated rings. The summed E-state index contributed by atoms with van der Waals surface area (Å²) in [6.07, 6.45) is 1.41. The largest absolute Gasteiger partial charge is 0.348 e. The lowest BCUT2D eigenvalue weighted by Crippen LogP contribution is -2.38. The summed E-state index contributed by atoms with van der Waals surface area (Å²) in [4.78, 5) is 27.6. The lowest BCUT2D eigenvalue weighted by molar-refractivity contribution is -0.120. The van der Waals surface area contributed by atoms with Crippen molar-refractivity contribution in [2.45, 2.75) is 13.0 Å². The molecular formula is C16H15ClFN3O2. The standard InChI is InChI=1S/C16H15ClFN3O2/c1-10(11-3-2-4-13(18)7-11)21-15(22)9-20-16(23)14-8-12(17)5-6-19-14/h2-8,10H,9H2,1H3,(H,20,23)(H,21,22). The summed E-state index contributed by atoms with van der Waals surface area (Å²) in [6.45, 7) is 1.51. The van der Waals surface area contributed by atoms with Gasteiger partial charge in [-0.15, -0.1) is 0 Å². The molecule has 0 aliphatic carbocycles. The number of nitrogens with one attached hydrogen (secondary N) is 2.